The summed E-state index contributed by atoms with van der Waals surface area (Å²) in [5, 5.41) is 31.7. The molecule has 2 aliphatic carbocycles. The number of oxazole rings is 1. The van der Waals surface area contributed by atoms with Crippen molar-refractivity contribution < 1.29 is 13.9 Å². The Balaban J connectivity index is 0.759. The Morgan fingerprint density at radius 1 is 1.05 bits per heavy atom. The fourth-order valence-electron chi connectivity index (χ4n) is 9.77. The van der Waals surface area contributed by atoms with Crippen LogP contribution in [0.1, 0.15) is 118 Å². The van der Waals surface area contributed by atoms with E-state index in [1.165, 1.54) is 28.0 Å². The van der Waals surface area contributed by atoms with E-state index in [1.807, 2.05) is 13.0 Å². The van der Waals surface area contributed by atoms with Gasteiger partial charge in [-0.2, -0.15) is 5.26 Å². The highest BCUT2D eigenvalue weighted by molar-refractivity contribution is 7.15. The van der Waals surface area contributed by atoms with E-state index in [0.717, 1.165) is 97.3 Å². The number of aliphatic imine (C=N–C) groups is 1. The third-order valence-corrected chi connectivity index (χ3v) is 14.6. The van der Waals surface area contributed by atoms with Crippen molar-refractivity contribution in [3.63, 3.8) is 0 Å². The van der Waals surface area contributed by atoms with Gasteiger partial charge in [0.15, 0.2) is 23.2 Å². The van der Waals surface area contributed by atoms with Crippen LogP contribution in [0.25, 0.3) is 11.1 Å². The number of benzene rings is 2. The Morgan fingerprint density at radius 2 is 1.87 bits per heavy atom. The Hall–Kier alpha value is -6.17. The maximum atomic E-state index is 13.2. The first-order chi connectivity index (χ1) is 30.6. The Kier molecular flexibility index (Phi) is 10.9. The van der Waals surface area contributed by atoms with Crippen molar-refractivity contribution >= 4 is 46.5 Å². The molecule has 1 atom stereocenters. The molecule has 63 heavy (non-hydrogen) atoms. The van der Waals surface area contributed by atoms with Crippen LogP contribution in [-0.2, 0) is 6.42 Å². The van der Waals surface area contributed by atoms with Crippen LogP contribution >= 0.6 is 22.9 Å². The molecular formula is C48H47ClN10O3S. The van der Waals surface area contributed by atoms with E-state index >= 15 is 0 Å². The van der Waals surface area contributed by atoms with Crippen LogP contribution < -0.4 is 15.0 Å². The van der Waals surface area contributed by atoms with Crippen molar-refractivity contribution in [1.82, 2.24) is 35.3 Å². The van der Waals surface area contributed by atoms with Gasteiger partial charge in [-0.25, -0.2) is 4.98 Å². The number of aryl methyl sites for hydroxylation is 2. The van der Waals surface area contributed by atoms with Gasteiger partial charge in [0.2, 0.25) is 0 Å². The summed E-state index contributed by atoms with van der Waals surface area (Å²) in [6.07, 6.45) is 13.7. The summed E-state index contributed by atoms with van der Waals surface area (Å²) in [7, 11) is 0. The minimum atomic E-state index is -0.308. The number of piperidine rings is 1. The standard InChI is InChI=1S/C48H47ClN10O3S/c1-28-29(2)63-47-43(28)44(53-40(23-42-51-18-20-61-42)45-57-54-30(3)59(45)47)33-7-5-31(6-8-33)21-32-24-48(25-32)17-4-19-58(27-48)41-16-15-39(55-56-41)46(60)52-35-10-13-36(14-11-35)62-37-12-9-34(26-50)38(49)22-37/h5-9,12,15-16,18,20-22,35-36,40H,4,10-11,13-14,17,19,23-25,27H2,1-3H3,(H,52,60). The number of fused-ring (bicyclic) bond motifs is 3. The lowest BCUT2D eigenvalue weighted by Crippen LogP contribution is -2.48. The number of carbonyl (C=O) groups excluding carboxylic acids is 1. The first-order valence-electron chi connectivity index (χ1n) is 21.7. The van der Waals surface area contributed by atoms with E-state index in [4.69, 9.17) is 31.0 Å². The van der Waals surface area contributed by atoms with Crippen LogP contribution in [0.4, 0.5) is 5.82 Å². The largest absolute Gasteiger partial charge is 0.490 e. The maximum absolute atomic E-state index is 13.2. The molecule has 0 bridgehead atoms. The minimum Gasteiger partial charge on any atom is -0.490 e. The van der Waals surface area contributed by atoms with Gasteiger partial charge < -0.3 is 19.4 Å². The molecule has 10 rings (SSSR count). The molecule has 1 saturated heterocycles. The first-order valence-corrected chi connectivity index (χ1v) is 22.9. The number of anilines is 1. The molecule has 0 radical (unpaired) electrons. The van der Waals surface area contributed by atoms with Crippen molar-refractivity contribution in [1.29, 1.82) is 5.26 Å². The molecule has 4 aromatic heterocycles. The molecule has 15 heteroatoms. The topological polar surface area (TPSA) is 160 Å². The number of carbonyl (C=O) groups is 1. The van der Waals surface area contributed by atoms with E-state index in [2.05, 4.69) is 90.4 Å². The molecule has 2 saturated carbocycles. The third-order valence-electron chi connectivity index (χ3n) is 13.1. The number of ether oxygens (including phenoxy) is 1. The summed E-state index contributed by atoms with van der Waals surface area (Å²) in [5.74, 6) is 3.51. The smallest absolute Gasteiger partial charge is 0.272 e. The van der Waals surface area contributed by atoms with Gasteiger partial charge in [0.1, 0.15) is 34.9 Å². The Labute approximate surface area is 374 Å². The van der Waals surface area contributed by atoms with E-state index < -0.39 is 0 Å². The molecule has 1 amide bonds. The number of hydrogen-bond acceptors (Lipinski definition) is 12. The fourth-order valence-corrected chi connectivity index (χ4v) is 11.2. The lowest BCUT2D eigenvalue weighted by Gasteiger charge is -2.50. The summed E-state index contributed by atoms with van der Waals surface area (Å²) in [6.45, 7) is 8.18. The third kappa shape index (κ3) is 8.16. The lowest BCUT2D eigenvalue weighted by atomic mass is 9.61. The quantitative estimate of drug-likeness (QED) is 0.148. The first kappa shape index (κ1) is 40.9. The monoisotopic (exact) mass is 878 g/mol. The molecule has 3 fully saturated rings. The summed E-state index contributed by atoms with van der Waals surface area (Å²) < 4.78 is 13.9. The number of nitrogens with zero attached hydrogens (tertiary/aromatic N) is 9. The molecule has 1 unspecified atom stereocenters. The second kappa shape index (κ2) is 16.8. The zero-order valence-corrected chi connectivity index (χ0v) is 37.0. The van der Waals surface area contributed by atoms with Gasteiger partial charge in [-0.3, -0.25) is 14.4 Å². The number of hydrogen-bond donors (Lipinski definition) is 1. The number of thiophene rings is 1. The van der Waals surface area contributed by atoms with Gasteiger partial charge in [0.25, 0.3) is 5.91 Å². The predicted octanol–water partition coefficient (Wildman–Crippen LogP) is 9.28. The number of rotatable bonds is 9. The van der Waals surface area contributed by atoms with Gasteiger partial charge in [-0.1, -0.05) is 47.5 Å². The molecule has 320 valence electrons. The van der Waals surface area contributed by atoms with Gasteiger partial charge in [0.05, 0.1) is 35.0 Å². The molecule has 4 aliphatic rings. The summed E-state index contributed by atoms with van der Waals surface area (Å²) in [5.41, 5.74) is 7.97. The lowest BCUT2D eigenvalue weighted by molar-refractivity contribution is 0.0888. The molecule has 2 aliphatic heterocycles. The van der Waals surface area contributed by atoms with Crippen LogP contribution in [0.15, 0.2) is 82.0 Å². The zero-order valence-electron chi connectivity index (χ0n) is 35.5. The van der Waals surface area contributed by atoms with Gasteiger partial charge in [-0.05, 0) is 113 Å². The number of halogens is 1. The summed E-state index contributed by atoms with van der Waals surface area (Å²) >= 11 is 7.93. The van der Waals surface area contributed by atoms with E-state index in [9.17, 15) is 4.79 Å². The average Bonchev–Trinajstić information content (AvgIpc) is 3.99. The summed E-state index contributed by atoms with van der Waals surface area (Å²) in [4.78, 5) is 26.6. The van der Waals surface area contributed by atoms with Gasteiger partial charge in [-0.15, -0.1) is 31.7 Å². The SMILES string of the molecule is Cc1sc2c(c1C)C(c1ccc(C=C3CC4(CCCN(c5ccc(C(=O)NC6CCC(Oc7ccc(C#N)c(Cl)c7)CC6)nn5)C4)C3)cc1)=NC(Cc1ncco1)c1nnc(C)n1-2. The number of amides is 1. The average molecular weight is 879 g/mol. The second-order valence-electron chi connectivity index (χ2n) is 17.4. The number of allylic oxidation sites excluding steroid dienone is 1. The van der Waals surface area contributed by atoms with Crippen molar-refractivity contribution in [3.8, 4) is 16.8 Å². The highest BCUT2D eigenvalue weighted by Crippen LogP contribution is 2.52. The molecule has 13 nitrogen and oxygen atoms in total. The molecule has 1 spiro atoms. The molecular weight excluding hydrogens is 832 g/mol. The number of aromatic nitrogens is 6. The van der Waals surface area contributed by atoms with Gasteiger partial charge in [0, 0.05) is 41.2 Å². The second-order valence-corrected chi connectivity index (χ2v) is 19.0. The summed E-state index contributed by atoms with van der Waals surface area (Å²) in [6, 6.07) is 19.5. The minimum absolute atomic E-state index is 0.0295. The van der Waals surface area contributed by atoms with Gasteiger partial charge >= 0.3 is 0 Å². The van der Waals surface area contributed by atoms with E-state index in [-0.39, 0.29) is 29.5 Å². The van der Waals surface area contributed by atoms with Crippen molar-refractivity contribution in [2.45, 2.75) is 96.7 Å². The van der Waals surface area contributed by atoms with Crippen LogP contribution in [0.2, 0.25) is 5.02 Å². The zero-order chi connectivity index (χ0) is 43.2. The fraction of sp³-hybridized carbons (Fsp3) is 0.375. The molecule has 6 heterocycles. The Morgan fingerprint density at radius 3 is 2.60 bits per heavy atom. The number of nitriles is 1. The Bertz CT molecular complexity index is 2770. The van der Waals surface area contributed by atoms with E-state index in [0.29, 0.717) is 34.3 Å². The van der Waals surface area contributed by atoms with Crippen LogP contribution in [0.5, 0.6) is 5.75 Å². The highest BCUT2D eigenvalue weighted by atomic mass is 35.5. The van der Waals surface area contributed by atoms with Crippen molar-refractivity contribution in [2.75, 3.05) is 18.0 Å². The maximum Gasteiger partial charge on any atom is 0.272 e. The van der Waals surface area contributed by atoms with Crippen molar-refractivity contribution in [3.05, 3.63) is 134 Å². The van der Waals surface area contributed by atoms with Crippen LogP contribution in [0, 0.1) is 37.5 Å². The molecule has 6 aromatic rings. The number of nitrogens with one attached hydrogen (secondary N) is 1. The molecule has 2 aromatic carbocycles. The highest BCUT2D eigenvalue weighted by Gasteiger charge is 2.44. The normalized spacial score (nSPS) is 21.7. The molecule has 1 N–H and O–H groups in total. The van der Waals surface area contributed by atoms with Crippen LogP contribution in [-0.4, -0.2) is 66.8 Å². The predicted molar refractivity (Wildman–Crippen MR) is 242 cm³/mol. The van der Waals surface area contributed by atoms with E-state index in [1.54, 1.807) is 48.1 Å². The van der Waals surface area contributed by atoms with Crippen LogP contribution in [0.3, 0.4) is 0 Å². The van der Waals surface area contributed by atoms with Crippen molar-refractivity contribution in [2.24, 2.45) is 10.4 Å².